The number of nitrogens with zero attached hydrogens (tertiary/aromatic N) is 2. The van der Waals surface area contributed by atoms with Gasteiger partial charge >= 0.3 is 0 Å². The topological polar surface area (TPSA) is 9.86 Å². The van der Waals surface area contributed by atoms with E-state index in [0.717, 1.165) is 49.4 Å². The molecule has 2 nitrogen and oxygen atoms in total. The maximum Gasteiger partial charge on any atom is 0.0651 e. The molecule has 2 aromatic heterocycles. The summed E-state index contributed by atoms with van der Waals surface area (Å²) in [6.07, 6.45) is 0. The monoisotopic (exact) mass is 568 g/mol. The first-order valence-electron chi connectivity index (χ1n) is 18.5. The van der Waals surface area contributed by atoms with Gasteiger partial charge in [0.1, 0.15) is 0 Å². The molecule has 0 fully saturated rings. The summed E-state index contributed by atoms with van der Waals surface area (Å²) >= 11 is 0. The number of fused-ring (bicyclic) bond motifs is 7. The smallest absolute Gasteiger partial charge is 0.0651 e. The van der Waals surface area contributed by atoms with Crippen LogP contribution in [0.4, 0.5) is 0 Å². The van der Waals surface area contributed by atoms with E-state index in [1.807, 2.05) is 65.2 Å². The van der Waals surface area contributed by atoms with Crippen LogP contribution in [0.2, 0.25) is 0 Å². The van der Waals surface area contributed by atoms with Crippen molar-refractivity contribution in [3.05, 3.63) is 170 Å². The number of hydrogen-bond donors (Lipinski definition) is 0. The van der Waals surface area contributed by atoms with E-state index in [4.69, 9.17) is 9.60 Å². The lowest BCUT2D eigenvalue weighted by atomic mass is 10.0. The van der Waals surface area contributed by atoms with Crippen molar-refractivity contribution >= 4 is 43.6 Å². The summed E-state index contributed by atoms with van der Waals surface area (Å²) in [7, 11) is 0. The highest BCUT2D eigenvalue weighted by molar-refractivity contribution is 6.28. The van der Waals surface area contributed by atoms with Crippen molar-refractivity contribution in [2.24, 2.45) is 0 Å². The molecular formula is C42H28N2. The van der Waals surface area contributed by atoms with Crippen molar-refractivity contribution in [1.82, 2.24) is 9.13 Å². The van der Waals surface area contributed by atoms with Gasteiger partial charge in [0.15, 0.2) is 0 Å². The van der Waals surface area contributed by atoms with E-state index >= 15 is 0 Å². The zero-order valence-corrected chi connectivity index (χ0v) is 23.4. The summed E-state index contributed by atoms with van der Waals surface area (Å²) in [5, 5.41) is 3.84. The summed E-state index contributed by atoms with van der Waals surface area (Å²) in [4.78, 5) is 0. The molecule has 2 heterocycles. The lowest BCUT2D eigenvalue weighted by molar-refractivity contribution is 1.17. The average molecular weight is 569 g/mol. The molecule has 0 aliphatic carbocycles. The van der Waals surface area contributed by atoms with Gasteiger partial charge in [0.05, 0.1) is 33.0 Å². The minimum Gasteiger partial charge on any atom is -0.309 e. The van der Waals surface area contributed by atoms with Crippen molar-refractivity contribution in [3.8, 4) is 33.6 Å². The molecule has 0 spiro atoms. The summed E-state index contributed by atoms with van der Waals surface area (Å²) < 4.78 is 73.4. The number of hydrogen-bond acceptors (Lipinski definition) is 0. The predicted octanol–water partition coefficient (Wildman–Crippen LogP) is 11.2. The van der Waals surface area contributed by atoms with Crippen LogP contribution in [-0.2, 0) is 0 Å². The SMILES string of the molecule is [2H]c1cc(-c2c([2H])c([2H])c([2H])c([2H])c2[2H])c([2H])c(-n2c3ccccc3c3c4c5ccccc5n(-c5cccc(-c6ccccc6)c5)c4ccc32)c1[2H]. The summed E-state index contributed by atoms with van der Waals surface area (Å²) in [6, 6.07) is 36.9. The third kappa shape index (κ3) is 3.75. The molecule has 0 bridgehead atoms. The lowest BCUT2D eigenvalue weighted by Gasteiger charge is -2.11. The molecule has 0 saturated carbocycles. The van der Waals surface area contributed by atoms with Crippen LogP contribution in [0.15, 0.2) is 170 Å². The highest BCUT2D eigenvalue weighted by atomic mass is 15.0. The van der Waals surface area contributed by atoms with Gasteiger partial charge in [-0.15, -0.1) is 0 Å². The van der Waals surface area contributed by atoms with E-state index in [9.17, 15) is 1.37 Å². The normalized spacial score (nSPS) is 14.2. The Morgan fingerprint density at radius 3 is 1.70 bits per heavy atom. The van der Waals surface area contributed by atoms with Crippen LogP contribution in [0.25, 0.3) is 77.2 Å². The zero-order valence-electron chi connectivity index (χ0n) is 31.4. The van der Waals surface area contributed by atoms with Gasteiger partial charge in [0.2, 0.25) is 0 Å². The number of para-hydroxylation sites is 2. The Labute approximate surface area is 266 Å². The maximum absolute atomic E-state index is 9.47. The summed E-state index contributed by atoms with van der Waals surface area (Å²) in [5.41, 5.74) is 6.57. The highest BCUT2D eigenvalue weighted by Gasteiger charge is 2.20. The average Bonchev–Trinajstić information content (AvgIpc) is 3.69. The van der Waals surface area contributed by atoms with Crippen LogP contribution in [0.1, 0.15) is 11.0 Å². The predicted molar refractivity (Wildman–Crippen MR) is 186 cm³/mol. The molecule has 0 radical (unpaired) electrons. The van der Waals surface area contributed by atoms with Crippen molar-refractivity contribution in [3.63, 3.8) is 0 Å². The van der Waals surface area contributed by atoms with E-state index in [-0.39, 0.29) is 34.9 Å². The standard InChI is InChI=1S/C42H28N2/c1-3-13-29(14-4-1)31-17-11-19-33(27-31)43-37-23-9-7-21-35(37)41-39(43)25-26-40-42(41)36-22-8-10-24-38(36)44(40)34-20-12-18-32(28-34)30-15-5-2-6-16-30/h1-28H/i1D,3D,4D,11D,13D,14D,19D,27D. The first-order valence-corrected chi connectivity index (χ1v) is 14.5. The molecule has 44 heavy (non-hydrogen) atoms. The number of benzene rings is 7. The zero-order chi connectivity index (χ0) is 36.0. The summed E-state index contributed by atoms with van der Waals surface area (Å²) in [5.74, 6) is 0. The van der Waals surface area contributed by atoms with Crippen LogP contribution >= 0.6 is 0 Å². The molecule has 0 atom stereocenters. The van der Waals surface area contributed by atoms with Crippen LogP contribution < -0.4 is 0 Å². The molecule has 206 valence electrons. The fourth-order valence-electron chi connectivity index (χ4n) is 6.50. The van der Waals surface area contributed by atoms with Gasteiger partial charge < -0.3 is 9.13 Å². The first-order chi connectivity index (χ1) is 25.2. The van der Waals surface area contributed by atoms with Crippen molar-refractivity contribution < 1.29 is 11.0 Å². The molecule has 2 heteroatoms. The van der Waals surface area contributed by atoms with E-state index < -0.39 is 30.2 Å². The van der Waals surface area contributed by atoms with Crippen LogP contribution in [-0.4, -0.2) is 9.13 Å². The molecule has 0 aliphatic rings. The minimum atomic E-state index is -0.536. The van der Waals surface area contributed by atoms with Gasteiger partial charge in [0.25, 0.3) is 0 Å². The van der Waals surface area contributed by atoms with Gasteiger partial charge in [0, 0.05) is 32.9 Å². The van der Waals surface area contributed by atoms with Crippen LogP contribution in [0, 0.1) is 0 Å². The molecule has 9 aromatic rings. The van der Waals surface area contributed by atoms with Gasteiger partial charge in [-0.05, 0) is 70.7 Å². The molecule has 0 saturated heterocycles. The fourth-order valence-corrected chi connectivity index (χ4v) is 6.50. The largest absolute Gasteiger partial charge is 0.309 e. The van der Waals surface area contributed by atoms with Crippen molar-refractivity contribution in [1.29, 1.82) is 0 Å². The third-order valence-electron chi connectivity index (χ3n) is 8.34. The van der Waals surface area contributed by atoms with Gasteiger partial charge in [-0.3, -0.25) is 0 Å². The maximum atomic E-state index is 9.47. The molecule has 0 amide bonds. The summed E-state index contributed by atoms with van der Waals surface area (Å²) in [6.45, 7) is 0. The quantitative estimate of drug-likeness (QED) is 0.200. The van der Waals surface area contributed by atoms with Crippen molar-refractivity contribution in [2.75, 3.05) is 0 Å². The first kappa shape index (κ1) is 17.9. The van der Waals surface area contributed by atoms with Gasteiger partial charge in [-0.2, -0.15) is 0 Å². The number of aromatic nitrogens is 2. The van der Waals surface area contributed by atoms with E-state index in [1.165, 1.54) is 6.07 Å². The Hall–Kier alpha value is -5.86. The Bertz CT molecular complexity index is 2920. The Morgan fingerprint density at radius 2 is 1.00 bits per heavy atom. The molecule has 0 N–H and O–H groups in total. The second kappa shape index (κ2) is 9.86. The van der Waals surface area contributed by atoms with Crippen LogP contribution in [0.5, 0.6) is 0 Å². The Balaban J connectivity index is 1.38. The Kier molecular flexibility index (Phi) is 4.02. The second-order valence-corrected chi connectivity index (χ2v) is 10.8. The molecule has 9 rings (SSSR count). The lowest BCUT2D eigenvalue weighted by Crippen LogP contribution is -1.95. The van der Waals surface area contributed by atoms with E-state index in [0.29, 0.717) is 11.0 Å². The van der Waals surface area contributed by atoms with Gasteiger partial charge in [-0.25, -0.2) is 0 Å². The third-order valence-corrected chi connectivity index (χ3v) is 8.34. The second-order valence-electron chi connectivity index (χ2n) is 10.8. The molecule has 7 aromatic carbocycles. The van der Waals surface area contributed by atoms with Crippen LogP contribution in [0.3, 0.4) is 0 Å². The minimum absolute atomic E-state index is 0.00471. The number of rotatable bonds is 4. The molecule has 0 unspecified atom stereocenters. The van der Waals surface area contributed by atoms with Crippen molar-refractivity contribution in [2.45, 2.75) is 0 Å². The molecular weight excluding hydrogens is 532 g/mol. The van der Waals surface area contributed by atoms with Gasteiger partial charge in [-0.1, -0.05) is 121 Å². The highest BCUT2D eigenvalue weighted by Crippen LogP contribution is 2.42. The molecule has 0 aliphatic heterocycles. The Morgan fingerprint density at radius 1 is 0.386 bits per heavy atom. The fraction of sp³-hybridized carbons (Fsp3) is 0. The van der Waals surface area contributed by atoms with E-state index in [2.05, 4.69) is 59.2 Å². The van der Waals surface area contributed by atoms with E-state index in [1.54, 1.807) is 0 Å².